The molecule has 1 amide bonds. The molecule has 140 valence electrons. The molecule has 1 aromatic carbocycles. The molecule has 1 fully saturated rings. The number of hydrogen-bond donors (Lipinski definition) is 2. The SMILES string of the molecule is COCC1(CNC(=O)C2COc3ccc(Cl)cc3C2)CCNCC1.Cl. The molecule has 0 aromatic heterocycles. The zero-order valence-corrected chi connectivity index (χ0v) is 16.0. The molecule has 2 aliphatic rings. The average molecular weight is 389 g/mol. The van der Waals surface area contributed by atoms with Crippen molar-refractivity contribution in [1.82, 2.24) is 10.6 Å². The van der Waals surface area contributed by atoms with Crippen LogP contribution in [0.4, 0.5) is 0 Å². The topological polar surface area (TPSA) is 59.6 Å². The van der Waals surface area contributed by atoms with Crippen molar-refractivity contribution < 1.29 is 14.3 Å². The first-order chi connectivity index (χ1) is 11.6. The molecule has 3 rings (SSSR count). The molecule has 0 radical (unpaired) electrons. The number of ether oxygens (including phenoxy) is 2. The fourth-order valence-corrected chi connectivity index (χ4v) is 3.78. The molecule has 2 heterocycles. The summed E-state index contributed by atoms with van der Waals surface area (Å²) in [5.74, 6) is 0.713. The minimum Gasteiger partial charge on any atom is -0.492 e. The Balaban J connectivity index is 0.00000225. The second kappa shape index (κ2) is 9.08. The van der Waals surface area contributed by atoms with Crippen LogP contribution in [0.3, 0.4) is 0 Å². The molecule has 1 saturated heterocycles. The summed E-state index contributed by atoms with van der Waals surface area (Å²) in [5, 5.41) is 7.17. The first-order valence-electron chi connectivity index (χ1n) is 8.50. The molecule has 1 aromatic rings. The minimum atomic E-state index is -0.169. The third-order valence-electron chi connectivity index (χ3n) is 5.05. The van der Waals surface area contributed by atoms with Gasteiger partial charge in [0.05, 0.1) is 12.5 Å². The summed E-state index contributed by atoms with van der Waals surface area (Å²) in [4.78, 5) is 12.6. The van der Waals surface area contributed by atoms with Crippen molar-refractivity contribution in [1.29, 1.82) is 0 Å². The van der Waals surface area contributed by atoms with E-state index in [4.69, 9.17) is 21.1 Å². The van der Waals surface area contributed by atoms with Crippen molar-refractivity contribution >= 4 is 29.9 Å². The van der Waals surface area contributed by atoms with Crippen LogP contribution in [0.25, 0.3) is 0 Å². The number of methoxy groups -OCH3 is 1. The van der Waals surface area contributed by atoms with Gasteiger partial charge >= 0.3 is 0 Å². The zero-order chi connectivity index (χ0) is 17.0. The fourth-order valence-electron chi connectivity index (χ4n) is 3.59. The van der Waals surface area contributed by atoms with Crippen LogP contribution in [0.2, 0.25) is 5.02 Å². The fraction of sp³-hybridized carbons (Fsp3) is 0.611. The molecule has 0 aliphatic carbocycles. The average Bonchev–Trinajstić information content (AvgIpc) is 2.60. The maximum Gasteiger partial charge on any atom is 0.226 e. The molecule has 2 aliphatic heterocycles. The molecule has 0 spiro atoms. The van der Waals surface area contributed by atoms with Gasteiger partial charge in [0, 0.05) is 24.1 Å². The quantitative estimate of drug-likeness (QED) is 0.812. The standard InChI is InChI=1S/C18H25ClN2O3.ClH/c1-23-12-18(4-6-20-7-5-18)11-21-17(22)14-8-13-9-15(19)2-3-16(13)24-10-14;/h2-3,9,14,20H,4-8,10-12H2,1H3,(H,21,22);1H. The highest BCUT2D eigenvalue weighted by atomic mass is 35.5. The van der Waals surface area contributed by atoms with E-state index in [1.54, 1.807) is 7.11 Å². The second-order valence-corrected chi connectivity index (χ2v) is 7.30. The lowest BCUT2D eigenvalue weighted by Crippen LogP contribution is -2.49. The van der Waals surface area contributed by atoms with Gasteiger partial charge in [-0.05, 0) is 56.1 Å². The highest BCUT2D eigenvalue weighted by molar-refractivity contribution is 6.30. The Labute approximate surface area is 160 Å². The molecular formula is C18H26Cl2N2O3. The Morgan fingerprint density at radius 2 is 2.20 bits per heavy atom. The molecule has 25 heavy (non-hydrogen) atoms. The number of hydrogen-bond acceptors (Lipinski definition) is 4. The van der Waals surface area contributed by atoms with Gasteiger partial charge in [-0.1, -0.05) is 11.6 Å². The number of fused-ring (bicyclic) bond motifs is 1. The van der Waals surface area contributed by atoms with Crippen LogP contribution in [0.5, 0.6) is 5.75 Å². The van der Waals surface area contributed by atoms with Gasteiger partial charge in [-0.25, -0.2) is 0 Å². The molecular weight excluding hydrogens is 363 g/mol. The van der Waals surface area contributed by atoms with E-state index in [-0.39, 0.29) is 29.6 Å². The van der Waals surface area contributed by atoms with E-state index in [0.717, 1.165) is 37.2 Å². The number of piperidine rings is 1. The Kier molecular flexibility index (Phi) is 7.37. The number of amides is 1. The summed E-state index contributed by atoms with van der Waals surface area (Å²) >= 11 is 6.04. The van der Waals surface area contributed by atoms with Crippen LogP contribution >= 0.6 is 24.0 Å². The monoisotopic (exact) mass is 388 g/mol. The van der Waals surface area contributed by atoms with Gasteiger partial charge in [0.25, 0.3) is 0 Å². The number of carbonyl (C=O) groups excluding carboxylic acids is 1. The number of halogens is 2. The predicted molar refractivity (Wildman–Crippen MR) is 101 cm³/mol. The van der Waals surface area contributed by atoms with E-state index in [0.29, 0.717) is 31.2 Å². The van der Waals surface area contributed by atoms with Gasteiger partial charge in [-0.2, -0.15) is 0 Å². The van der Waals surface area contributed by atoms with Gasteiger partial charge in [0.1, 0.15) is 12.4 Å². The van der Waals surface area contributed by atoms with Crippen molar-refractivity contribution in [2.75, 3.05) is 40.0 Å². The smallest absolute Gasteiger partial charge is 0.226 e. The number of rotatable bonds is 5. The maximum absolute atomic E-state index is 12.6. The van der Waals surface area contributed by atoms with Gasteiger partial charge in [0.2, 0.25) is 5.91 Å². The van der Waals surface area contributed by atoms with Crippen LogP contribution < -0.4 is 15.4 Å². The third-order valence-corrected chi connectivity index (χ3v) is 5.29. The summed E-state index contributed by atoms with van der Waals surface area (Å²) in [6, 6.07) is 5.57. The normalized spacial score (nSPS) is 21.4. The van der Waals surface area contributed by atoms with Crippen LogP contribution in [0.1, 0.15) is 18.4 Å². The van der Waals surface area contributed by atoms with E-state index in [1.165, 1.54) is 0 Å². The molecule has 7 heteroatoms. The summed E-state index contributed by atoms with van der Waals surface area (Å²) in [5.41, 5.74) is 1.04. The summed E-state index contributed by atoms with van der Waals surface area (Å²) in [6.07, 6.45) is 2.70. The highest BCUT2D eigenvalue weighted by Crippen LogP contribution is 2.31. The van der Waals surface area contributed by atoms with Crippen LogP contribution in [0.15, 0.2) is 18.2 Å². The summed E-state index contributed by atoms with van der Waals surface area (Å²) in [7, 11) is 1.72. The Morgan fingerprint density at radius 3 is 2.92 bits per heavy atom. The number of carbonyl (C=O) groups is 1. The lowest BCUT2D eigenvalue weighted by atomic mass is 9.79. The van der Waals surface area contributed by atoms with E-state index in [9.17, 15) is 4.79 Å². The Morgan fingerprint density at radius 1 is 1.44 bits per heavy atom. The van der Waals surface area contributed by atoms with Crippen molar-refractivity contribution in [2.24, 2.45) is 11.3 Å². The largest absolute Gasteiger partial charge is 0.492 e. The van der Waals surface area contributed by atoms with Gasteiger partial charge < -0.3 is 20.1 Å². The predicted octanol–water partition coefficient (Wildman–Crippen LogP) is 2.45. The minimum absolute atomic E-state index is 0. The van der Waals surface area contributed by atoms with Crippen LogP contribution in [-0.2, 0) is 16.0 Å². The maximum atomic E-state index is 12.6. The van der Waals surface area contributed by atoms with Crippen LogP contribution in [0, 0.1) is 11.3 Å². The first-order valence-corrected chi connectivity index (χ1v) is 8.88. The number of benzene rings is 1. The van der Waals surface area contributed by atoms with Crippen molar-refractivity contribution in [2.45, 2.75) is 19.3 Å². The first kappa shape index (κ1) is 20.3. The molecule has 1 unspecified atom stereocenters. The lowest BCUT2D eigenvalue weighted by molar-refractivity contribution is -0.127. The second-order valence-electron chi connectivity index (χ2n) is 6.86. The lowest BCUT2D eigenvalue weighted by Gasteiger charge is -2.37. The van der Waals surface area contributed by atoms with Crippen molar-refractivity contribution in [3.05, 3.63) is 28.8 Å². The van der Waals surface area contributed by atoms with Gasteiger partial charge in [-0.15, -0.1) is 12.4 Å². The zero-order valence-electron chi connectivity index (χ0n) is 14.5. The van der Waals surface area contributed by atoms with E-state index in [2.05, 4.69) is 10.6 Å². The van der Waals surface area contributed by atoms with E-state index >= 15 is 0 Å². The van der Waals surface area contributed by atoms with Crippen LogP contribution in [-0.4, -0.2) is 45.9 Å². The van der Waals surface area contributed by atoms with Gasteiger partial charge in [-0.3, -0.25) is 4.79 Å². The van der Waals surface area contributed by atoms with Crippen molar-refractivity contribution in [3.8, 4) is 5.75 Å². The van der Waals surface area contributed by atoms with E-state index in [1.807, 2.05) is 18.2 Å². The third kappa shape index (κ3) is 5.00. The molecule has 0 saturated carbocycles. The van der Waals surface area contributed by atoms with Crippen molar-refractivity contribution in [3.63, 3.8) is 0 Å². The van der Waals surface area contributed by atoms with E-state index < -0.39 is 0 Å². The molecule has 1 atom stereocenters. The number of nitrogens with one attached hydrogen (secondary N) is 2. The molecule has 0 bridgehead atoms. The summed E-state index contributed by atoms with van der Waals surface area (Å²) in [6.45, 7) is 3.68. The molecule has 2 N–H and O–H groups in total. The van der Waals surface area contributed by atoms with Gasteiger partial charge in [0.15, 0.2) is 0 Å². The summed E-state index contributed by atoms with van der Waals surface area (Å²) < 4.78 is 11.1. The Hall–Kier alpha value is -1.01. The molecule has 5 nitrogen and oxygen atoms in total. The Bertz CT molecular complexity index is 586. The highest BCUT2D eigenvalue weighted by Gasteiger charge is 2.34.